The number of thiazole rings is 1. The topological polar surface area (TPSA) is 85.4 Å². The summed E-state index contributed by atoms with van der Waals surface area (Å²) in [6.07, 6.45) is 5.66. The first-order valence-electron chi connectivity index (χ1n) is 6.56. The number of nitrogens with zero attached hydrogens (tertiary/aromatic N) is 1. The van der Waals surface area contributed by atoms with Crippen LogP contribution in [0.3, 0.4) is 0 Å². The Bertz CT molecular complexity index is 562. The highest BCUT2D eigenvalue weighted by atomic mass is 32.2. The summed E-state index contributed by atoms with van der Waals surface area (Å²) in [7, 11) is -2.49. The average molecular weight is 318 g/mol. The van der Waals surface area contributed by atoms with Crippen molar-refractivity contribution in [2.45, 2.75) is 36.3 Å². The molecular formula is C12H18N2O4S2. The Morgan fingerprint density at radius 1 is 1.50 bits per heavy atom. The second kappa shape index (κ2) is 6.64. The lowest BCUT2D eigenvalue weighted by Crippen LogP contribution is -2.26. The molecule has 0 bridgehead atoms. The third kappa shape index (κ3) is 3.56. The first-order valence-corrected chi connectivity index (χ1v) is 8.92. The maximum absolute atomic E-state index is 12.2. The van der Waals surface area contributed by atoms with Gasteiger partial charge in [0.05, 0.1) is 12.6 Å². The van der Waals surface area contributed by atoms with Gasteiger partial charge in [-0.15, -0.1) is 11.3 Å². The van der Waals surface area contributed by atoms with Gasteiger partial charge >= 0.3 is 5.97 Å². The van der Waals surface area contributed by atoms with E-state index in [4.69, 9.17) is 0 Å². The van der Waals surface area contributed by atoms with Gasteiger partial charge in [0.2, 0.25) is 0 Å². The lowest BCUT2D eigenvalue weighted by atomic mass is 10.1. The van der Waals surface area contributed by atoms with Gasteiger partial charge in [0.1, 0.15) is 0 Å². The van der Waals surface area contributed by atoms with Gasteiger partial charge in [0.15, 0.2) is 9.90 Å². The molecule has 1 saturated carbocycles. The molecule has 1 aliphatic rings. The quantitative estimate of drug-likeness (QED) is 0.808. The Morgan fingerprint density at radius 3 is 2.85 bits per heavy atom. The summed E-state index contributed by atoms with van der Waals surface area (Å²) < 4.78 is 31.3. The molecule has 1 aromatic heterocycles. The maximum atomic E-state index is 12.2. The van der Waals surface area contributed by atoms with E-state index in [0.29, 0.717) is 12.5 Å². The van der Waals surface area contributed by atoms with Crippen molar-refractivity contribution in [2.75, 3.05) is 13.7 Å². The highest BCUT2D eigenvalue weighted by Gasteiger charge is 2.26. The highest BCUT2D eigenvalue weighted by Crippen LogP contribution is 2.27. The van der Waals surface area contributed by atoms with Crippen LogP contribution in [0.4, 0.5) is 0 Å². The Labute approximate surface area is 122 Å². The van der Waals surface area contributed by atoms with Gasteiger partial charge in [0, 0.05) is 6.54 Å². The minimum Gasteiger partial charge on any atom is -0.464 e. The smallest absolute Gasteiger partial charge is 0.358 e. The Hall–Kier alpha value is -0.990. The van der Waals surface area contributed by atoms with Gasteiger partial charge in [0.25, 0.3) is 10.0 Å². The van der Waals surface area contributed by atoms with Crippen LogP contribution >= 0.6 is 11.3 Å². The van der Waals surface area contributed by atoms with E-state index in [1.807, 2.05) is 0 Å². The molecule has 6 nitrogen and oxygen atoms in total. The predicted molar refractivity (Wildman–Crippen MR) is 75.2 cm³/mol. The van der Waals surface area contributed by atoms with E-state index in [1.165, 1.54) is 38.3 Å². The molecule has 0 aromatic carbocycles. The molecule has 112 valence electrons. The Morgan fingerprint density at radius 2 is 2.20 bits per heavy atom. The molecule has 1 aromatic rings. The fraction of sp³-hybridized carbons (Fsp3) is 0.667. The van der Waals surface area contributed by atoms with E-state index < -0.39 is 16.0 Å². The molecule has 2 rings (SSSR count). The normalized spacial score (nSPS) is 16.4. The molecule has 1 heterocycles. The van der Waals surface area contributed by atoms with E-state index in [1.54, 1.807) is 0 Å². The number of methoxy groups -OCH3 is 1. The molecule has 0 amide bonds. The van der Waals surface area contributed by atoms with E-state index in [9.17, 15) is 13.2 Å². The molecule has 1 N–H and O–H groups in total. The second-order valence-corrected chi connectivity index (χ2v) is 7.63. The van der Waals surface area contributed by atoms with Crippen molar-refractivity contribution >= 4 is 27.3 Å². The molecule has 8 heteroatoms. The number of aromatic nitrogens is 1. The first-order chi connectivity index (χ1) is 9.54. The van der Waals surface area contributed by atoms with Gasteiger partial charge in [-0.25, -0.2) is 22.9 Å². The van der Waals surface area contributed by atoms with Crippen LogP contribution in [0.25, 0.3) is 0 Å². The summed E-state index contributed by atoms with van der Waals surface area (Å²) in [6.45, 7) is 0.394. The molecule has 0 aliphatic heterocycles. The number of carbonyl (C=O) groups excluding carboxylic acids is 1. The van der Waals surface area contributed by atoms with Crippen LogP contribution in [-0.4, -0.2) is 33.0 Å². The van der Waals surface area contributed by atoms with Gasteiger partial charge < -0.3 is 4.74 Å². The predicted octanol–water partition coefficient (Wildman–Crippen LogP) is 1.79. The monoisotopic (exact) mass is 318 g/mol. The van der Waals surface area contributed by atoms with Gasteiger partial charge in [-0.05, 0) is 12.3 Å². The first kappa shape index (κ1) is 15.4. The summed E-state index contributed by atoms with van der Waals surface area (Å²) in [4.78, 5) is 15.2. The van der Waals surface area contributed by atoms with E-state index in [-0.39, 0.29) is 9.90 Å². The maximum Gasteiger partial charge on any atom is 0.358 e. The largest absolute Gasteiger partial charge is 0.464 e. The minimum atomic E-state index is -3.69. The Kier molecular flexibility index (Phi) is 5.11. The average Bonchev–Trinajstić information content (AvgIpc) is 3.08. The summed E-state index contributed by atoms with van der Waals surface area (Å²) in [6, 6.07) is 0. The number of hydrogen-bond donors (Lipinski definition) is 1. The van der Waals surface area contributed by atoms with E-state index in [0.717, 1.165) is 17.8 Å². The van der Waals surface area contributed by atoms with Crippen molar-refractivity contribution in [1.82, 2.24) is 9.71 Å². The fourth-order valence-electron chi connectivity index (χ4n) is 2.42. The number of sulfonamides is 1. The molecule has 1 fully saturated rings. The number of rotatable bonds is 6. The zero-order valence-electron chi connectivity index (χ0n) is 11.3. The number of hydrogen-bond acceptors (Lipinski definition) is 6. The molecular weight excluding hydrogens is 300 g/mol. The van der Waals surface area contributed by atoms with Crippen LogP contribution < -0.4 is 4.72 Å². The molecule has 0 saturated heterocycles. The lowest BCUT2D eigenvalue weighted by molar-refractivity contribution is 0.0590. The SMILES string of the molecule is COC(=O)c1ncsc1S(=O)(=O)NCCC1CCCC1. The van der Waals surface area contributed by atoms with Gasteiger partial charge in [-0.2, -0.15) is 0 Å². The van der Waals surface area contributed by atoms with Crippen LogP contribution in [0.15, 0.2) is 9.72 Å². The standard InChI is InChI=1S/C12H18N2O4S2/c1-18-11(15)10-12(19-8-13-10)20(16,17)14-7-6-9-4-2-3-5-9/h8-9,14H,2-7H2,1H3. The van der Waals surface area contributed by atoms with E-state index in [2.05, 4.69) is 14.4 Å². The van der Waals surface area contributed by atoms with Gasteiger partial charge in [-0.1, -0.05) is 25.7 Å². The van der Waals surface area contributed by atoms with Crippen molar-refractivity contribution < 1.29 is 17.9 Å². The fourth-order valence-corrected chi connectivity index (χ4v) is 4.64. The molecule has 0 spiro atoms. The Balaban J connectivity index is 1.99. The molecule has 0 atom stereocenters. The summed E-state index contributed by atoms with van der Waals surface area (Å²) in [5, 5.41) is 0. The lowest BCUT2D eigenvalue weighted by Gasteiger charge is -2.10. The van der Waals surface area contributed by atoms with Crippen molar-refractivity contribution in [3.8, 4) is 0 Å². The van der Waals surface area contributed by atoms with E-state index >= 15 is 0 Å². The van der Waals surface area contributed by atoms with Crippen LogP contribution in [0.1, 0.15) is 42.6 Å². The third-order valence-corrected chi connectivity index (χ3v) is 6.31. The van der Waals surface area contributed by atoms with Crippen LogP contribution in [0.5, 0.6) is 0 Å². The number of ether oxygens (including phenoxy) is 1. The van der Waals surface area contributed by atoms with Crippen LogP contribution in [0, 0.1) is 5.92 Å². The van der Waals surface area contributed by atoms with Crippen molar-refractivity contribution in [3.05, 3.63) is 11.2 Å². The highest BCUT2D eigenvalue weighted by molar-refractivity contribution is 7.91. The third-order valence-electron chi connectivity index (χ3n) is 3.48. The zero-order valence-corrected chi connectivity index (χ0v) is 12.9. The van der Waals surface area contributed by atoms with Crippen molar-refractivity contribution in [1.29, 1.82) is 0 Å². The molecule has 20 heavy (non-hydrogen) atoms. The zero-order chi connectivity index (χ0) is 14.6. The van der Waals surface area contributed by atoms with Crippen LogP contribution in [-0.2, 0) is 14.8 Å². The van der Waals surface area contributed by atoms with Crippen LogP contribution in [0.2, 0.25) is 0 Å². The molecule has 1 aliphatic carbocycles. The number of nitrogens with one attached hydrogen (secondary N) is 1. The summed E-state index contributed by atoms with van der Waals surface area (Å²) >= 11 is 0.920. The minimum absolute atomic E-state index is 0.0734. The van der Waals surface area contributed by atoms with Crippen molar-refractivity contribution in [3.63, 3.8) is 0 Å². The summed E-state index contributed by atoms with van der Waals surface area (Å²) in [5.41, 5.74) is 1.18. The van der Waals surface area contributed by atoms with Gasteiger partial charge in [-0.3, -0.25) is 0 Å². The number of carbonyl (C=O) groups is 1. The molecule has 0 radical (unpaired) electrons. The number of esters is 1. The summed E-state index contributed by atoms with van der Waals surface area (Å²) in [5.74, 6) is -0.123. The molecule has 0 unspecified atom stereocenters. The van der Waals surface area contributed by atoms with Crippen molar-refractivity contribution in [2.24, 2.45) is 5.92 Å². The second-order valence-electron chi connectivity index (χ2n) is 4.82.